The van der Waals surface area contributed by atoms with Crippen molar-refractivity contribution in [2.24, 2.45) is 5.73 Å². The second-order valence-electron chi connectivity index (χ2n) is 4.21. The predicted molar refractivity (Wildman–Crippen MR) is 75.6 cm³/mol. The second-order valence-corrected chi connectivity index (χ2v) is 4.21. The molecule has 0 aliphatic heterocycles. The fourth-order valence-electron chi connectivity index (χ4n) is 1.83. The van der Waals surface area contributed by atoms with Gasteiger partial charge in [-0.3, -0.25) is 0 Å². The van der Waals surface area contributed by atoms with Crippen LogP contribution >= 0.6 is 0 Å². The van der Waals surface area contributed by atoms with Gasteiger partial charge in [0.2, 0.25) is 0 Å². The molecule has 3 nitrogen and oxygen atoms in total. The van der Waals surface area contributed by atoms with Crippen LogP contribution in [-0.2, 0) is 4.79 Å². The van der Waals surface area contributed by atoms with Gasteiger partial charge in [-0.1, -0.05) is 60.7 Å². The average molecular weight is 253 g/mol. The molecule has 0 heterocycles. The van der Waals surface area contributed by atoms with Crippen LogP contribution < -0.4 is 5.73 Å². The van der Waals surface area contributed by atoms with E-state index in [0.717, 1.165) is 22.8 Å². The summed E-state index contributed by atoms with van der Waals surface area (Å²) in [5, 5.41) is 8.56. The molecular formula is C16H15NO2. The highest BCUT2D eigenvalue weighted by Gasteiger charge is 2.03. The van der Waals surface area contributed by atoms with Crippen LogP contribution in [0.4, 0.5) is 0 Å². The molecule has 0 spiro atoms. The van der Waals surface area contributed by atoms with Gasteiger partial charge in [-0.2, -0.15) is 0 Å². The molecule has 2 aromatic carbocycles. The van der Waals surface area contributed by atoms with Gasteiger partial charge < -0.3 is 10.8 Å². The molecule has 0 fully saturated rings. The molecule has 0 aliphatic rings. The van der Waals surface area contributed by atoms with Crippen LogP contribution in [-0.4, -0.2) is 11.1 Å². The van der Waals surface area contributed by atoms with E-state index in [1.807, 2.05) is 54.6 Å². The zero-order valence-corrected chi connectivity index (χ0v) is 10.4. The quantitative estimate of drug-likeness (QED) is 0.823. The molecule has 96 valence electrons. The van der Waals surface area contributed by atoms with Crippen molar-refractivity contribution in [2.75, 3.05) is 0 Å². The summed E-state index contributed by atoms with van der Waals surface area (Å²) < 4.78 is 0. The van der Waals surface area contributed by atoms with E-state index in [9.17, 15) is 4.79 Å². The summed E-state index contributed by atoms with van der Waals surface area (Å²) in [7, 11) is 0. The summed E-state index contributed by atoms with van der Waals surface area (Å²) in [6.45, 7) is 0. The van der Waals surface area contributed by atoms with Crippen LogP contribution in [0.3, 0.4) is 0 Å². The Labute approximate surface area is 112 Å². The summed E-state index contributed by atoms with van der Waals surface area (Å²) in [6.07, 6.45) is 2.54. The molecule has 2 rings (SSSR count). The lowest BCUT2D eigenvalue weighted by atomic mass is 10.0. The van der Waals surface area contributed by atoms with Crippen molar-refractivity contribution in [3.05, 3.63) is 72.3 Å². The zero-order valence-electron chi connectivity index (χ0n) is 10.4. The third kappa shape index (κ3) is 3.53. The van der Waals surface area contributed by atoms with Crippen LogP contribution in [0, 0.1) is 0 Å². The first-order valence-electron chi connectivity index (χ1n) is 5.99. The van der Waals surface area contributed by atoms with E-state index < -0.39 is 12.0 Å². The Bertz CT molecular complexity index is 573. The highest BCUT2D eigenvalue weighted by Crippen LogP contribution is 2.21. The summed E-state index contributed by atoms with van der Waals surface area (Å²) in [6, 6.07) is 17.4. The topological polar surface area (TPSA) is 63.3 Å². The maximum atomic E-state index is 10.4. The summed E-state index contributed by atoms with van der Waals surface area (Å²) in [5.41, 5.74) is 9.02. The Hall–Kier alpha value is -2.39. The monoisotopic (exact) mass is 253 g/mol. The first kappa shape index (κ1) is 13.1. The van der Waals surface area contributed by atoms with Gasteiger partial charge in [0, 0.05) is 12.1 Å². The van der Waals surface area contributed by atoms with Crippen molar-refractivity contribution < 1.29 is 9.90 Å². The second kappa shape index (κ2) is 5.98. The molecule has 0 saturated carbocycles. The molecule has 0 aromatic heterocycles. The Morgan fingerprint density at radius 2 is 1.58 bits per heavy atom. The number of carbonyl (C=O) groups is 1. The van der Waals surface area contributed by atoms with Crippen LogP contribution in [0.15, 0.2) is 66.7 Å². The lowest BCUT2D eigenvalue weighted by molar-refractivity contribution is -0.131. The Balaban J connectivity index is 2.17. The predicted octanol–water partition coefficient (Wildman–Crippen LogP) is 2.99. The summed E-state index contributed by atoms with van der Waals surface area (Å²) in [5.74, 6) is -0.989. The third-order valence-electron chi connectivity index (χ3n) is 2.85. The van der Waals surface area contributed by atoms with Gasteiger partial charge in [-0.25, -0.2) is 4.79 Å². The number of carboxylic acid groups (broad SMARTS) is 1. The lowest BCUT2D eigenvalue weighted by Crippen LogP contribution is -2.07. The fourth-order valence-corrected chi connectivity index (χ4v) is 1.83. The van der Waals surface area contributed by atoms with E-state index in [1.165, 1.54) is 6.08 Å². The Morgan fingerprint density at radius 3 is 2.16 bits per heavy atom. The molecule has 0 radical (unpaired) electrons. The van der Waals surface area contributed by atoms with E-state index in [2.05, 4.69) is 0 Å². The molecular weight excluding hydrogens is 238 g/mol. The van der Waals surface area contributed by atoms with E-state index in [1.54, 1.807) is 0 Å². The van der Waals surface area contributed by atoms with Crippen LogP contribution in [0.5, 0.6) is 0 Å². The SMILES string of the molecule is NC(/C=C/C(=O)O)c1ccc(-c2ccccc2)cc1. The van der Waals surface area contributed by atoms with Gasteiger partial charge in [-0.15, -0.1) is 0 Å². The largest absolute Gasteiger partial charge is 0.478 e. The molecule has 1 unspecified atom stereocenters. The summed E-state index contributed by atoms with van der Waals surface area (Å²) in [4.78, 5) is 10.4. The highest BCUT2D eigenvalue weighted by molar-refractivity contribution is 5.79. The summed E-state index contributed by atoms with van der Waals surface area (Å²) >= 11 is 0. The van der Waals surface area contributed by atoms with E-state index >= 15 is 0 Å². The molecule has 3 heteroatoms. The van der Waals surface area contributed by atoms with Crippen LogP contribution in [0.25, 0.3) is 11.1 Å². The Kier molecular flexibility index (Phi) is 4.11. The third-order valence-corrected chi connectivity index (χ3v) is 2.85. The number of carboxylic acids is 1. The van der Waals surface area contributed by atoms with Gasteiger partial charge in [0.1, 0.15) is 0 Å². The van der Waals surface area contributed by atoms with Crippen molar-refractivity contribution in [3.63, 3.8) is 0 Å². The maximum Gasteiger partial charge on any atom is 0.328 e. The number of aliphatic carboxylic acids is 1. The maximum absolute atomic E-state index is 10.4. The molecule has 0 saturated heterocycles. The standard InChI is InChI=1S/C16H15NO2/c17-15(10-11-16(18)19)14-8-6-13(7-9-14)12-4-2-1-3-5-12/h1-11,15H,17H2,(H,18,19)/b11-10+. The van der Waals surface area contributed by atoms with E-state index in [-0.39, 0.29) is 0 Å². The molecule has 19 heavy (non-hydrogen) atoms. The van der Waals surface area contributed by atoms with E-state index in [4.69, 9.17) is 10.8 Å². The van der Waals surface area contributed by atoms with Gasteiger partial charge >= 0.3 is 5.97 Å². The average Bonchev–Trinajstić information content (AvgIpc) is 2.46. The number of nitrogens with two attached hydrogens (primary N) is 1. The van der Waals surface area contributed by atoms with Crippen molar-refractivity contribution in [2.45, 2.75) is 6.04 Å². The zero-order chi connectivity index (χ0) is 13.7. The number of rotatable bonds is 4. The number of hydrogen-bond acceptors (Lipinski definition) is 2. The van der Waals surface area contributed by atoms with Crippen molar-refractivity contribution in [1.29, 1.82) is 0 Å². The first-order chi connectivity index (χ1) is 9.16. The molecule has 3 N–H and O–H groups in total. The van der Waals surface area contributed by atoms with Crippen LogP contribution in [0.2, 0.25) is 0 Å². The smallest absolute Gasteiger partial charge is 0.328 e. The molecule has 0 amide bonds. The first-order valence-corrected chi connectivity index (χ1v) is 5.99. The minimum absolute atomic E-state index is 0.402. The van der Waals surface area contributed by atoms with Crippen molar-refractivity contribution in [1.82, 2.24) is 0 Å². The van der Waals surface area contributed by atoms with Crippen molar-refractivity contribution in [3.8, 4) is 11.1 Å². The van der Waals surface area contributed by atoms with Gasteiger partial charge in [0.25, 0.3) is 0 Å². The number of hydrogen-bond donors (Lipinski definition) is 2. The minimum atomic E-state index is -0.989. The van der Waals surface area contributed by atoms with Crippen molar-refractivity contribution >= 4 is 5.97 Å². The molecule has 1 atom stereocenters. The van der Waals surface area contributed by atoms with Crippen LogP contribution in [0.1, 0.15) is 11.6 Å². The van der Waals surface area contributed by atoms with Gasteiger partial charge in [0.15, 0.2) is 0 Å². The van der Waals surface area contributed by atoms with E-state index in [0.29, 0.717) is 0 Å². The molecule has 0 aliphatic carbocycles. The number of benzene rings is 2. The Morgan fingerprint density at radius 1 is 1.00 bits per heavy atom. The minimum Gasteiger partial charge on any atom is -0.478 e. The van der Waals surface area contributed by atoms with Gasteiger partial charge in [0.05, 0.1) is 0 Å². The highest BCUT2D eigenvalue weighted by atomic mass is 16.4. The molecule has 0 bridgehead atoms. The van der Waals surface area contributed by atoms with Gasteiger partial charge in [-0.05, 0) is 16.7 Å². The lowest BCUT2D eigenvalue weighted by Gasteiger charge is -2.08. The fraction of sp³-hybridized carbons (Fsp3) is 0.0625. The molecule has 2 aromatic rings. The normalized spacial score (nSPS) is 12.5.